The molecule has 2 aliphatic heterocycles. The third-order valence-corrected chi connectivity index (χ3v) is 10.4. The molecule has 2 aliphatic rings. The van der Waals surface area contributed by atoms with E-state index in [1.54, 1.807) is 0 Å². The summed E-state index contributed by atoms with van der Waals surface area (Å²) in [6.07, 6.45) is -1.89. The third-order valence-electron chi connectivity index (χ3n) is 5.93. The van der Waals surface area contributed by atoms with Crippen LogP contribution in [0.4, 0.5) is 0 Å². The number of aliphatic hydroxyl groups is 1. The van der Waals surface area contributed by atoms with E-state index in [4.69, 9.17) is 23.4 Å². The maximum absolute atomic E-state index is 10.6. The summed E-state index contributed by atoms with van der Waals surface area (Å²) in [5, 5.41) is 10.7. The molecule has 1 N–H and O–H groups in total. The van der Waals surface area contributed by atoms with E-state index in [-0.39, 0.29) is 5.04 Å². The zero-order chi connectivity index (χ0) is 19.3. The highest BCUT2D eigenvalue weighted by Gasteiger charge is 2.61. The van der Waals surface area contributed by atoms with E-state index in [1.165, 1.54) is 7.11 Å². The van der Waals surface area contributed by atoms with Gasteiger partial charge in [-0.25, -0.2) is 0 Å². The number of hydrogen-bond donors (Lipinski definition) is 1. The van der Waals surface area contributed by atoms with Crippen LogP contribution in [0.2, 0.25) is 18.1 Å². The number of hydrogen-bond acceptors (Lipinski definition) is 6. The Morgan fingerprint density at radius 3 is 2.20 bits per heavy atom. The van der Waals surface area contributed by atoms with Crippen molar-refractivity contribution in [2.24, 2.45) is 0 Å². The van der Waals surface area contributed by atoms with Crippen molar-refractivity contribution >= 4 is 8.32 Å². The second-order valence-corrected chi connectivity index (χ2v) is 14.0. The number of rotatable bonds is 5. The summed E-state index contributed by atoms with van der Waals surface area (Å²) >= 11 is 0. The van der Waals surface area contributed by atoms with Crippen molar-refractivity contribution in [3.05, 3.63) is 0 Å². The molecule has 0 bridgehead atoms. The van der Waals surface area contributed by atoms with Crippen LogP contribution in [0, 0.1) is 0 Å². The van der Waals surface area contributed by atoms with Crippen molar-refractivity contribution in [1.82, 2.24) is 0 Å². The molecule has 0 spiro atoms. The molecule has 2 fully saturated rings. The molecule has 0 aliphatic carbocycles. The molecule has 2 saturated heterocycles. The number of methoxy groups -OCH3 is 1. The van der Waals surface area contributed by atoms with Gasteiger partial charge in [-0.05, 0) is 38.4 Å². The Kier molecular flexibility index (Phi) is 5.83. The molecule has 0 amide bonds. The van der Waals surface area contributed by atoms with Gasteiger partial charge in [0, 0.05) is 7.11 Å². The summed E-state index contributed by atoms with van der Waals surface area (Å²) in [5.74, 6) is -0.778. The minimum atomic E-state index is -1.96. The molecular formula is C18H36O6Si. The van der Waals surface area contributed by atoms with Crippen molar-refractivity contribution in [3.8, 4) is 0 Å². The molecule has 5 atom stereocenters. The van der Waals surface area contributed by atoms with Crippen LogP contribution in [0.15, 0.2) is 0 Å². The molecule has 25 heavy (non-hydrogen) atoms. The summed E-state index contributed by atoms with van der Waals surface area (Å²) in [4.78, 5) is 0. The maximum atomic E-state index is 10.6. The fourth-order valence-corrected chi connectivity index (χ4v) is 4.22. The Hall–Kier alpha value is -0.0231. The topological polar surface area (TPSA) is 66.4 Å². The molecule has 0 aromatic carbocycles. The van der Waals surface area contributed by atoms with E-state index in [1.807, 2.05) is 20.8 Å². The average Bonchev–Trinajstić information content (AvgIpc) is 2.82. The number of fused-ring (bicyclic) bond motifs is 1. The smallest absolute Gasteiger partial charge is 0.192 e. The zero-order valence-electron chi connectivity index (χ0n) is 17.2. The zero-order valence-corrected chi connectivity index (χ0v) is 18.2. The first-order chi connectivity index (χ1) is 11.3. The van der Waals surface area contributed by atoms with Gasteiger partial charge in [-0.2, -0.15) is 0 Å². The Morgan fingerprint density at radius 1 is 1.12 bits per heavy atom. The van der Waals surface area contributed by atoms with E-state index in [9.17, 15) is 5.11 Å². The SMILES string of the molecule is CCC1(CO[Si](C)(C)C(C)(C)C)O[C@@H](OC)[C@H](O)[C@H]2OC(C)(C)O[C@H]21. The van der Waals surface area contributed by atoms with Crippen LogP contribution in [0.5, 0.6) is 0 Å². The lowest BCUT2D eigenvalue weighted by Crippen LogP contribution is -2.66. The average molecular weight is 377 g/mol. The predicted octanol–water partition coefficient (Wildman–Crippen LogP) is 3.04. The van der Waals surface area contributed by atoms with Gasteiger partial charge in [0.05, 0.1) is 6.61 Å². The lowest BCUT2D eigenvalue weighted by molar-refractivity contribution is -0.314. The van der Waals surface area contributed by atoms with Crippen LogP contribution in [0.25, 0.3) is 0 Å². The Bertz CT molecular complexity index is 475. The van der Waals surface area contributed by atoms with Gasteiger partial charge in [0.15, 0.2) is 20.4 Å². The maximum Gasteiger partial charge on any atom is 0.192 e. The number of ether oxygens (including phenoxy) is 4. The van der Waals surface area contributed by atoms with Crippen molar-refractivity contribution in [2.45, 2.75) is 102 Å². The quantitative estimate of drug-likeness (QED) is 0.744. The Labute approximate surface area is 153 Å². The van der Waals surface area contributed by atoms with Crippen molar-refractivity contribution in [1.29, 1.82) is 0 Å². The monoisotopic (exact) mass is 376 g/mol. The summed E-state index contributed by atoms with van der Waals surface area (Å²) < 4.78 is 30.2. The van der Waals surface area contributed by atoms with E-state index < -0.39 is 44.3 Å². The molecule has 6 nitrogen and oxygen atoms in total. The van der Waals surface area contributed by atoms with Crippen molar-refractivity contribution in [2.75, 3.05) is 13.7 Å². The largest absolute Gasteiger partial charge is 0.414 e. The fraction of sp³-hybridized carbons (Fsp3) is 1.00. The van der Waals surface area contributed by atoms with Gasteiger partial charge in [-0.1, -0.05) is 27.7 Å². The van der Waals surface area contributed by atoms with Gasteiger partial charge < -0.3 is 28.5 Å². The molecule has 0 saturated carbocycles. The lowest BCUT2D eigenvalue weighted by atomic mass is 9.85. The minimum absolute atomic E-state index is 0.0997. The highest BCUT2D eigenvalue weighted by Crippen LogP contribution is 2.45. The molecule has 0 aromatic rings. The van der Waals surface area contributed by atoms with Crippen LogP contribution < -0.4 is 0 Å². The summed E-state index contributed by atoms with van der Waals surface area (Å²) in [6, 6.07) is 0. The van der Waals surface area contributed by atoms with Gasteiger partial charge in [-0.3, -0.25) is 0 Å². The minimum Gasteiger partial charge on any atom is -0.414 e. The van der Waals surface area contributed by atoms with E-state index in [0.29, 0.717) is 13.0 Å². The summed E-state index contributed by atoms with van der Waals surface area (Å²) in [5.41, 5.74) is -0.714. The molecule has 1 unspecified atom stereocenters. The normalized spacial score (nSPS) is 38.6. The molecule has 2 rings (SSSR count). The van der Waals surface area contributed by atoms with Gasteiger partial charge in [0.1, 0.15) is 23.9 Å². The Balaban J connectivity index is 2.30. The molecule has 2 heterocycles. The first kappa shape index (κ1) is 21.3. The highest BCUT2D eigenvalue weighted by atomic mass is 28.4. The van der Waals surface area contributed by atoms with Crippen molar-refractivity contribution in [3.63, 3.8) is 0 Å². The molecule has 148 valence electrons. The van der Waals surface area contributed by atoms with Gasteiger partial charge >= 0.3 is 0 Å². The van der Waals surface area contributed by atoms with E-state index in [2.05, 4.69) is 33.9 Å². The first-order valence-electron chi connectivity index (χ1n) is 9.17. The second kappa shape index (κ2) is 6.85. The molecule has 0 radical (unpaired) electrons. The first-order valence-corrected chi connectivity index (χ1v) is 12.1. The van der Waals surface area contributed by atoms with Gasteiger partial charge in [0.25, 0.3) is 0 Å². The second-order valence-electron chi connectivity index (χ2n) is 9.20. The molecular weight excluding hydrogens is 340 g/mol. The highest BCUT2D eigenvalue weighted by molar-refractivity contribution is 6.74. The van der Waals surface area contributed by atoms with Crippen molar-refractivity contribution < 1.29 is 28.5 Å². The van der Waals surface area contributed by atoms with Crippen LogP contribution >= 0.6 is 0 Å². The van der Waals surface area contributed by atoms with Crippen LogP contribution in [-0.2, 0) is 23.4 Å². The summed E-state index contributed by atoms with van der Waals surface area (Å²) in [7, 11) is -0.429. The van der Waals surface area contributed by atoms with Crippen LogP contribution in [-0.4, -0.2) is 63.1 Å². The Morgan fingerprint density at radius 2 is 1.72 bits per heavy atom. The predicted molar refractivity (Wildman–Crippen MR) is 97.9 cm³/mol. The van der Waals surface area contributed by atoms with E-state index in [0.717, 1.165) is 0 Å². The van der Waals surface area contributed by atoms with Crippen LogP contribution in [0.1, 0.15) is 48.0 Å². The van der Waals surface area contributed by atoms with E-state index >= 15 is 0 Å². The van der Waals surface area contributed by atoms with Gasteiger partial charge in [-0.15, -0.1) is 0 Å². The van der Waals surface area contributed by atoms with Crippen LogP contribution in [0.3, 0.4) is 0 Å². The third kappa shape index (κ3) is 3.97. The van der Waals surface area contributed by atoms with Gasteiger partial charge in [0.2, 0.25) is 0 Å². The fourth-order valence-electron chi connectivity index (χ4n) is 3.18. The summed E-state index contributed by atoms with van der Waals surface area (Å²) in [6.45, 7) is 17.2. The molecule has 7 heteroatoms. The lowest BCUT2D eigenvalue weighted by Gasteiger charge is -2.49. The number of aliphatic hydroxyl groups excluding tert-OH is 1. The molecule has 0 aromatic heterocycles. The standard InChI is InChI=1S/C18H36O6Si/c1-10-18(11-21-25(8,9)16(2,3)4)14-13(22-17(5,6)23-14)12(19)15(20-7)24-18/h12-15,19H,10-11H2,1-9H3/t12-,13-,14-,15-,18?/m1/s1.